The van der Waals surface area contributed by atoms with Gasteiger partial charge in [0.25, 0.3) is 0 Å². The van der Waals surface area contributed by atoms with E-state index in [-0.39, 0.29) is 5.03 Å². The van der Waals surface area contributed by atoms with Gasteiger partial charge in [0.15, 0.2) is 5.75 Å². The SMILES string of the molecule is CCOc1cn(C)nc1S(=O)(=O)C1C=C(c2c(C)noc2C)CCC1. The van der Waals surface area contributed by atoms with Crippen molar-refractivity contribution in [3.05, 3.63) is 29.3 Å². The second kappa shape index (κ2) is 6.67. The van der Waals surface area contributed by atoms with Crippen molar-refractivity contribution in [3.8, 4) is 5.75 Å². The largest absolute Gasteiger partial charge is 0.489 e. The summed E-state index contributed by atoms with van der Waals surface area (Å²) in [6.45, 7) is 5.93. The molecule has 0 aliphatic heterocycles. The zero-order valence-electron chi connectivity index (χ0n) is 14.9. The van der Waals surface area contributed by atoms with Gasteiger partial charge in [0.1, 0.15) is 5.76 Å². The molecule has 0 fully saturated rings. The molecular weight excluding hydrogens is 342 g/mol. The minimum absolute atomic E-state index is 0.0121. The van der Waals surface area contributed by atoms with Crippen molar-refractivity contribution >= 4 is 15.4 Å². The van der Waals surface area contributed by atoms with Crippen LogP contribution in [0, 0.1) is 13.8 Å². The van der Waals surface area contributed by atoms with E-state index < -0.39 is 15.1 Å². The maximum atomic E-state index is 13.1. The Kier molecular flexibility index (Phi) is 4.73. The van der Waals surface area contributed by atoms with Gasteiger partial charge in [0.05, 0.1) is 23.7 Å². The molecule has 0 aromatic carbocycles. The summed E-state index contributed by atoms with van der Waals surface area (Å²) in [6.07, 6.45) is 5.59. The highest BCUT2D eigenvalue weighted by Crippen LogP contribution is 2.36. The first-order chi connectivity index (χ1) is 11.8. The zero-order valence-corrected chi connectivity index (χ0v) is 15.8. The summed E-state index contributed by atoms with van der Waals surface area (Å²) in [5.41, 5.74) is 2.69. The number of hydrogen-bond acceptors (Lipinski definition) is 6. The van der Waals surface area contributed by atoms with Crippen LogP contribution in [0.15, 0.2) is 21.8 Å². The van der Waals surface area contributed by atoms with E-state index in [0.29, 0.717) is 18.8 Å². The summed E-state index contributed by atoms with van der Waals surface area (Å²) < 4.78 is 38.5. The van der Waals surface area contributed by atoms with Gasteiger partial charge >= 0.3 is 0 Å². The van der Waals surface area contributed by atoms with E-state index in [2.05, 4.69) is 10.3 Å². The van der Waals surface area contributed by atoms with Gasteiger partial charge in [-0.1, -0.05) is 11.2 Å². The predicted molar refractivity (Wildman–Crippen MR) is 93.2 cm³/mol. The fraction of sp³-hybridized carbons (Fsp3) is 0.529. The first kappa shape index (κ1) is 17.7. The van der Waals surface area contributed by atoms with Gasteiger partial charge in [-0.25, -0.2) is 8.42 Å². The normalized spacial score (nSPS) is 18.2. The highest BCUT2D eigenvalue weighted by Gasteiger charge is 2.34. The Bertz CT molecular complexity index is 889. The van der Waals surface area contributed by atoms with E-state index in [1.165, 1.54) is 4.68 Å². The van der Waals surface area contributed by atoms with E-state index in [0.717, 1.165) is 35.4 Å². The van der Waals surface area contributed by atoms with E-state index in [1.54, 1.807) is 13.2 Å². The molecule has 2 aromatic rings. The number of hydrogen-bond donors (Lipinski definition) is 0. The first-order valence-corrected chi connectivity index (χ1v) is 9.93. The van der Waals surface area contributed by atoms with Gasteiger partial charge in [-0.3, -0.25) is 4.68 Å². The lowest BCUT2D eigenvalue weighted by molar-refractivity contribution is 0.330. The van der Waals surface area contributed by atoms with Crippen molar-refractivity contribution in [2.45, 2.75) is 50.3 Å². The lowest BCUT2D eigenvalue weighted by Gasteiger charge is -2.21. The van der Waals surface area contributed by atoms with Crippen LogP contribution in [0.25, 0.3) is 5.57 Å². The standard InChI is InChI=1S/C17H23N3O4S/c1-5-23-15-10-20(4)18-17(15)25(21,22)14-8-6-7-13(9-14)16-11(2)19-24-12(16)3/h9-10,14H,5-8H2,1-4H3. The molecule has 2 heterocycles. The Morgan fingerprint density at radius 2 is 2.16 bits per heavy atom. The van der Waals surface area contributed by atoms with Gasteiger partial charge in [0, 0.05) is 12.6 Å². The molecule has 1 atom stereocenters. The molecule has 0 amide bonds. The molecule has 1 aliphatic carbocycles. The molecule has 3 rings (SSSR count). The van der Waals surface area contributed by atoms with E-state index in [1.807, 2.05) is 26.8 Å². The molecule has 0 saturated heterocycles. The molecule has 8 heteroatoms. The maximum Gasteiger partial charge on any atom is 0.219 e. The lowest BCUT2D eigenvalue weighted by atomic mass is 9.92. The Hall–Kier alpha value is -2.09. The molecule has 2 aromatic heterocycles. The van der Waals surface area contributed by atoms with Crippen LogP contribution in [-0.4, -0.2) is 35.2 Å². The summed E-state index contributed by atoms with van der Waals surface area (Å²) in [4.78, 5) is 0. The minimum Gasteiger partial charge on any atom is -0.489 e. The Morgan fingerprint density at radius 1 is 1.40 bits per heavy atom. The monoisotopic (exact) mass is 365 g/mol. The van der Waals surface area contributed by atoms with Crippen LogP contribution in [-0.2, 0) is 16.9 Å². The average Bonchev–Trinajstić information content (AvgIpc) is 3.10. The predicted octanol–water partition coefficient (Wildman–Crippen LogP) is 2.83. The van der Waals surface area contributed by atoms with Crippen molar-refractivity contribution in [1.29, 1.82) is 0 Å². The van der Waals surface area contributed by atoms with Crippen molar-refractivity contribution in [3.63, 3.8) is 0 Å². The van der Waals surface area contributed by atoms with Gasteiger partial charge in [-0.2, -0.15) is 5.10 Å². The molecule has 0 N–H and O–H groups in total. The van der Waals surface area contributed by atoms with Crippen LogP contribution in [0.5, 0.6) is 5.75 Å². The number of aryl methyl sites for hydroxylation is 3. The topological polar surface area (TPSA) is 87.2 Å². The Labute approximate surface area is 147 Å². The molecule has 25 heavy (non-hydrogen) atoms. The summed E-state index contributed by atoms with van der Waals surface area (Å²) in [5, 5.41) is 7.51. The Balaban J connectivity index is 2.02. The van der Waals surface area contributed by atoms with Crippen LogP contribution in [0.2, 0.25) is 0 Å². The molecule has 1 aliphatic rings. The number of allylic oxidation sites excluding steroid dienone is 1. The maximum absolute atomic E-state index is 13.1. The van der Waals surface area contributed by atoms with Gasteiger partial charge < -0.3 is 9.26 Å². The van der Waals surface area contributed by atoms with Crippen LogP contribution in [0.4, 0.5) is 0 Å². The highest BCUT2D eigenvalue weighted by atomic mass is 32.2. The summed E-state index contributed by atoms with van der Waals surface area (Å²) in [5.74, 6) is 1.03. The number of ether oxygens (including phenoxy) is 1. The third-order valence-electron chi connectivity index (χ3n) is 4.41. The summed E-state index contributed by atoms with van der Waals surface area (Å²) in [6, 6.07) is 0. The molecule has 1 unspecified atom stereocenters. The molecule has 7 nitrogen and oxygen atoms in total. The number of rotatable bonds is 5. The van der Waals surface area contributed by atoms with Crippen LogP contribution < -0.4 is 4.74 Å². The molecular formula is C17H23N3O4S. The fourth-order valence-corrected chi connectivity index (χ4v) is 5.06. The molecule has 0 spiro atoms. The van der Waals surface area contributed by atoms with E-state index in [9.17, 15) is 8.42 Å². The second-order valence-electron chi connectivity index (χ2n) is 6.27. The number of sulfone groups is 1. The third kappa shape index (κ3) is 3.22. The summed E-state index contributed by atoms with van der Waals surface area (Å²) >= 11 is 0. The van der Waals surface area contributed by atoms with Gasteiger partial charge in [-0.15, -0.1) is 0 Å². The zero-order chi connectivity index (χ0) is 18.2. The van der Waals surface area contributed by atoms with Crippen LogP contribution in [0.3, 0.4) is 0 Å². The number of nitrogens with zero attached hydrogens (tertiary/aromatic N) is 3. The Morgan fingerprint density at radius 3 is 2.80 bits per heavy atom. The van der Waals surface area contributed by atoms with Crippen molar-refractivity contribution in [2.24, 2.45) is 7.05 Å². The van der Waals surface area contributed by atoms with Crippen molar-refractivity contribution < 1.29 is 17.7 Å². The third-order valence-corrected chi connectivity index (χ3v) is 6.40. The average molecular weight is 365 g/mol. The minimum atomic E-state index is -3.63. The van der Waals surface area contributed by atoms with Crippen LogP contribution in [0.1, 0.15) is 43.2 Å². The van der Waals surface area contributed by atoms with Crippen molar-refractivity contribution in [1.82, 2.24) is 14.9 Å². The van der Waals surface area contributed by atoms with Gasteiger partial charge in [0.2, 0.25) is 14.9 Å². The van der Waals surface area contributed by atoms with E-state index >= 15 is 0 Å². The smallest absolute Gasteiger partial charge is 0.219 e. The summed E-state index contributed by atoms with van der Waals surface area (Å²) in [7, 11) is -1.94. The van der Waals surface area contributed by atoms with Crippen molar-refractivity contribution in [2.75, 3.05) is 6.61 Å². The van der Waals surface area contributed by atoms with Gasteiger partial charge in [-0.05, 0) is 45.6 Å². The fourth-order valence-electron chi connectivity index (χ4n) is 3.32. The second-order valence-corrected chi connectivity index (χ2v) is 8.35. The molecule has 0 radical (unpaired) electrons. The highest BCUT2D eigenvalue weighted by molar-refractivity contribution is 7.92. The molecule has 0 saturated carbocycles. The first-order valence-electron chi connectivity index (χ1n) is 8.38. The van der Waals surface area contributed by atoms with Crippen LogP contribution >= 0.6 is 0 Å². The molecule has 136 valence electrons. The quantitative estimate of drug-likeness (QED) is 0.810. The number of aromatic nitrogens is 3. The van der Waals surface area contributed by atoms with E-state index in [4.69, 9.17) is 9.26 Å². The lowest BCUT2D eigenvalue weighted by Crippen LogP contribution is -2.23. The molecule has 0 bridgehead atoms.